The highest BCUT2D eigenvalue weighted by Gasteiger charge is 2.15. The minimum Gasteiger partial charge on any atom is -0.396 e. The first-order chi connectivity index (χ1) is 10.4. The minimum atomic E-state index is -0.188. The summed E-state index contributed by atoms with van der Waals surface area (Å²) in [6.07, 6.45) is 0.572. The third-order valence-corrected chi connectivity index (χ3v) is 3.61. The molecule has 124 valence electrons. The van der Waals surface area contributed by atoms with Gasteiger partial charge >= 0.3 is 6.03 Å². The molecule has 1 atom stereocenters. The maximum Gasteiger partial charge on any atom is 0.315 e. The van der Waals surface area contributed by atoms with Crippen LogP contribution >= 0.6 is 0 Å². The zero-order chi connectivity index (χ0) is 16.5. The van der Waals surface area contributed by atoms with Gasteiger partial charge in [-0.05, 0) is 37.6 Å². The molecule has 0 fully saturated rings. The van der Waals surface area contributed by atoms with Crippen molar-refractivity contribution in [3.63, 3.8) is 0 Å². The van der Waals surface area contributed by atoms with Gasteiger partial charge in [0, 0.05) is 25.7 Å². The molecule has 3 N–H and O–H groups in total. The van der Waals surface area contributed by atoms with Crippen LogP contribution in [-0.4, -0.2) is 42.8 Å². The number of urea groups is 1. The maximum atomic E-state index is 12.0. The van der Waals surface area contributed by atoms with Gasteiger partial charge in [0.1, 0.15) is 0 Å². The molecule has 1 rings (SSSR count). The summed E-state index contributed by atoms with van der Waals surface area (Å²) in [6, 6.07) is 7.91. The highest BCUT2D eigenvalue weighted by atomic mass is 16.3. The fourth-order valence-electron chi connectivity index (χ4n) is 2.33. The Kier molecular flexibility index (Phi) is 7.91. The number of aliphatic hydroxyl groups is 1. The van der Waals surface area contributed by atoms with Crippen LogP contribution in [0.25, 0.3) is 0 Å². The summed E-state index contributed by atoms with van der Waals surface area (Å²) in [4.78, 5) is 14.1. The van der Waals surface area contributed by atoms with Crippen LogP contribution in [0, 0.1) is 5.92 Å². The van der Waals surface area contributed by atoms with Gasteiger partial charge in [0.2, 0.25) is 0 Å². The molecule has 0 radical (unpaired) electrons. The Morgan fingerprint density at radius 3 is 2.41 bits per heavy atom. The number of aliphatic hydroxyl groups excluding tert-OH is 1. The van der Waals surface area contributed by atoms with Crippen molar-refractivity contribution in [1.29, 1.82) is 0 Å². The quantitative estimate of drug-likeness (QED) is 0.688. The lowest BCUT2D eigenvalue weighted by Gasteiger charge is -2.22. The van der Waals surface area contributed by atoms with E-state index in [1.165, 1.54) is 5.56 Å². The Balaban J connectivity index is 2.57. The SMILES string of the molecule is CC(C)C(CCO)NC(=O)NCc1ccccc1CN(C)C. The molecular formula is C17H29N3O2. The van der Waals surface area contributed by atoms with E-state index in [1.54, 1.807) is 0 Å². The Labute approximate surface area is 133 Å². The van der Waals surface area contributed by atoms with E-state index in [0.717, 1.165) is 12.1 Å². The lowest BCUT2D eigenvalue weighted by molar-refractivity contribution is 0.218. The molecule has 5 heteroatoms. The first kappa shape index (κ1) is 18.5. The van der Waals surface area contributed by atoms with Crippen LogP contribution in [0.3, 0.4) is 0 Å². The van der Waals surface area contributed by atoms with E-state index >= 15 is 0 Å². The smallest absolute Gasteiger partial charge is 0.315 e. The number of hydrogen-bond donors (Lipinski definition) is 3. The number of nitrogens with one attached hydrogen (secondary N) is 2. The van der Waals surface area contributed by atoms with Crippen molar-refractivity contribution >= 4 is 6.03 Å². The number of benzene rings is 1. The highest BCUT2D eigenvalue weighted by Crippen LogP contribution is 2.10. The van der Waals surface area contributed by atoms with Crippen LogP contribution in [0.1, 0.15) is 31.4 Å². The van der Waals surface area contributed by atoms with Crippen LogP contribution < -0.4 is 10.6 Å². The molecule has 0 saturated carbocycles. The van der Waals surface area contributed by atoms with Crippen molar-refractivity contribution in [2.24, 2.45) is 5.92 Å². The van der Waals surface area contributed by atoms with Gasteiger partial charge in [0.15, 0.2) is 0 Å². The summed E-state index contributed by atoms with van der Waals surface area (Å²) in [6.45, 7) is 5.49. The van der Waals surface area contributed by atoms with Crippen LogP contribution in [0.15, 0.2) is 24.3 Å². The normalized spacial score (nSPS) is 12.5. The van der Waals surface area contributed by atoms with E-state index in [-0.39, 0.29) is 18.7 Å². The molecule has 0 aliphatic heterocycles. The van der Waals surface area contributed by atoms with Gasteiger partial charge in [0.05, 0.1) is 0 Å². The summed E-state index contributed by atoms with van der Waals surface area (Å²) in [5, 5.41) is 14.9. The predicted molar refractivity (Wildman–Crippen MR) is 89.5 cm³/mol. The van der Waals surface area contributed by atoms with Crippen LogP contribution in [0.4, 0.5) is 4.79 Å². The maximum absolute atomic E-state index is 12.0. The number of carbonyl (C=O) groups is 1. The second kappa shape index (κ2) is 9.43. The lowest BCUT2D eigenvalue weighted by atomic mass is 10.0. The molecule has 0 bridgehead atoms. The predicted octanol–water partition coefficient (Wildman–Crippen LogP) is 1.95. The van der Waals surface area contributed by atoms with E-state index in [4.69, 9.17) is 5.11 Å². The van der Waals surface area contributed by atoms with Gasteiger partial charge in [-0.3, -0.25) is 0 Å². The number of hydrogen-bond acceptors (Lipinski definition) is 3. The minimum absolute atomic E-state index is 0.0120. The summed E-state index contributed by atoms with van der Waals surface area (Å²) in [5.74, 6) is 0.291. The first-order valence-corrected chi connectivity index (χ1v) is 7.80. The van der Waals surface area contributed by atoms with Gasteiger partial charge < -0.3 is 20.6 Å². The van der Waals surface area contributed by atoms with E-state index < -0.39 is 0 Å². The number of amides is 2. The fourth-order valence-corrected chi connectivity index (χ4v) is 2.33. The van der Waals surface area contributed by atoms with Crippen molar-refractivity contribution < 1.29 is 9.90 Å². The third-order valence-electron chi connectivity index (χ3n) is 3.61. The second-order valence-electron chi connectivity index (χ2n) is 6.20. The molecule has 1 aromatic rings. The average molecular weight is 307 g/mol. The van der Waals surface area contributed by atoms with Crippen molar-refractivity contribution in [1.82, 2.24) is 15.5 Å². The Hall–Kier alpha value is -1.59. The summed E-state index contributed by atoms with van der Waals surface area (Å²) in [7, 11) is 4.05. The molecule has 0 heterocycles. The largest absolute Gasteiger partial charge is 0.396 e. The van der Waals surface area contributed by atoms with Gasteiger partial charge in [-0.2, -0.15) is 0 Å². The summed E-state index contributed by atoms with van der Waals surface area (Å²) >= 11 is 0. The molecule has 1 aromatic carbocycles. The zero-order valence-corrected chi connectivity index (χ0v) is 14.1. The summed E-state index contributed by atoms with van der Waals surface area (Å²) < 4.78 is 0. The third kappa shape index (κ3) is 6.45. The monoisotopic (exact) mass is 307 g/mol. The fraction of sp³-hybridized carbons (Fsp3) is 0.588. The number of rotatable bonds is 8. The van der Waals surface area contributed by atoms with Gasteiger partial charge in [0.25, 0.3) is 0 Å². The molecule has 0 aliphatic carbocycles. The highest BCUT2D eigenvalue weighted by molar-refractivity contribution is 5.74. The van der Waals surface area contributed by atoms with Crippen molar-refractivity contribution in [2.75, 3.05) is 20.7 Å². The lowest BCUT2D eigenvalue weighted by Crippen LogP contribution is -2.44. The first-order valence-electron chi connectivity index (χ1n) is 7.80. The van der Waals surface area contributed by atoms with Crippen LogP contribution in [-0.2, 0) is 13.1 Å². The van der Waals surface area contributed by atoms with Gasteiger partial charge in [-0.15, -0.1) is 0 Å². The topological polar surface area (TPSA) is 64.6 Å². The molecule has 5 nitrogen and oxygen atoms in total. The standard InChI is InChI=1S/C17H29N3O2/c1-13(2)16(9-10-21)19-17(22)18-11-14-7-5-6-8-15(14)12-20(3)4/h5-8,13,16,21H,9-12H2,1-4H3,(H2,18,19,22). The van der Waals surface area contributed by atoms with Crippen LogP contribution in [0.5, 0.6) is 0 Å². The Bertz CT molecular complexity index is 461. The van der Waals surface area contributed by atoms with Gasteiger partial charge in [-0.25, -0.2) is 4.79 Å². The van der Waals surface area contributed by atoms with E-state index in [1.807, 2.05) is 46.1 Å². The second-order valence-corrected chi connectivity index (χ2v) is 6.20. The molecule has 0 saturated heterocycles. The Morgan fingerprint density at radius 1 is 1.23 bits per heavy atom. The average Bonchev–Trinajstić information content (AvgIpc) is 2.45. The van der Waals surface area contributed by atoms with E-state index in [9.17, 15) is 4.79 Å². The Morgan fingerprint density at radius 2 is 1.86 bits per heavy atom. The molecular weight excluding hydrogens is 278 g/mol. The molecule has 1 unspecified atom stereocenters. The molecule has 22 heavy (non-hydrogen) atoms. The van der Waals surface area contributed by atoms with Gasteiger partial charge in [-0.1, -0.05) is 38.1 Å². The molecule has 2 amide bonds. The molecule has 0 aliphatic rings. The van der Waals surface area contributed by atoms with E-state index in [2.05, 4.69) is 21.6 Å². The molecule has 0 spiro atoms. The zero-order valence-electron chi connectivity index (χ0n) is 14.1. The van der Waals surface area contributed by atoms with E-state index in [0.29, 0.717) is 18.9 Å². The number of nitrogens with zero attached hydrogens (tertiary/aromatic N) is 1. The molecule has 0 aromatic heterocycles. The van der Waals surface area contributed by atoms with Crippen molar-refractivity contribution in [3.8, 4) is 0 Å². The van der Waals surface area contributed by atoms with Crippen molar-refractivity contribution in [3.05, 3.63) is 35.4 Å². The summed E-state index contributed by atoms with van der Waals surface area (Å²) in [5.41, 5.74) is 2.33. The van der Waals surface area contributed by atoms with Crippen LogP contribution in [0.2, 0.25) is 0 Å². The van der Waals surface area contributed by atoms with Crippen molar-refractivity contribution in [2.45, 2.75) is 39.4 Å². The number of carbonyl (C=O) groups excluding carboxylic acids is 1.